The number of carbonyl (C=O) groups is 1. The molecule has 120 valence electrons. The number of carbonyl (C=O) groups excluding carboxylic acids is 1. The van der Waals surface area contributed by atoms with Crippen LogP contribution in [0.3, 0.4) is 0 Å². The van der Waals surface area contributed by atoms with E-state index in [4.69, 9.17) is 4.74 Å². The highest BCUT2D eigenvalue weighted by Gasteiger charge is 2.32. The van der Waals surface area contributed by atoms with Crippen LogP contribution in [0.15, 0.2) is 24.3 Å². The van der Waals surface area contributed by atoms with E-state index in [0.29, 0.717) is 17.8 Å². The summed E-state index contributed by atoms with van der Waals surface area (Å²) < 4.78 is 33.4. The topological polar surface area (TPSA) is 87.7 Å². The van der Waals surface area contributed by atoms with Crippen LogP contribution in [0, 0.1) is 0 Å². The Hall–Kier alpha value is -1.80. The third kappa shape index (κ3) is 2.89. The van der Waals surface area contributed by atoms with Crippen LogP contribution in [0.25, 0.3) is 0 Å². The Morgan fingerprint density at radius 1 is 1.41 bits per heavy atom. The fourth-order valence-corrected chi connectivity index (χ4v) is 4.04. The van der Waals surface area contributed by atoms with Gasteiger partial charge >= 0.3 is 10.2 Å². The van der Waals surface area contributed by atoms with E-state index in [1.54, 1.807) is 24.3 Å². The maximum Gasteiger partial charge on any atom is 0.324 e. The van der Waals surface area contributed by atoms with Crippen LogP contribution in [-0.4, -0.2) is 39.6 Å². The molecule has 0 aromatic heterocycles. The Labute approximate surface area is 129 Å². The Morgan fingerprint density at radius 2 is 2.18 bits per heavy atom. The molecule has 0 unspecified atom stereocenters. The van der Waals surface area contributed by atoms with Gasteiger partial charge in [-0.1, -0.05) is 12.1 Å². The molecule has 8 heteroatoms. The minimum atomic E-state index is -3.57. The van der Waals surface area contributed by atoms with Crippen molar-refractivity contribution in [1.29, 1.82) is 0 Å². The van der Waals surface area contributed by atoms with Crippen molar-refractivity contribution in [1.82, 2.24) is 5.32 Å². The number of rotatable bonds is 4. The second-order valence-corrected chi connectivity index (χ2v) is 7.10. The van der Waals surface area contributed by atoms with Crippen molar-refractivity contribution in [3.63, 3.8) is 0 Å². The second kappa shape index (κ2) is 5.77. The molecular weight excluding hydrogens is 306 g/mol. The number of amides is 1. The first-order valence-corrected chi connectivity index (χ1v) is 8.74. The molecule has 22 heavy (non-hydrogen) atoms. The highest BCUT2D eigenvalue weighted by molar-refractivity contribution is 7.94. The van der Waals surface area contributed by atoms with Crippen LogP contribution >= 0.6 is 0 Å². The zero-order valence-electron chi connectivity index (χ0n) is 12.3. The van der Waals surface area contributed by atoms with E-state index in [-0.39, 0.29) is 25.1 Å². The van der Waals surface area contributed by atoms with Crippen molar-refractivity contribution in [2.75, 3.05) is 22.1 Å². The van der Waals surface area contributed by atoms with E-state index >= 15 is 0 Å². The first-order chi connectivity index (χ1) is 10.5. The zero-order valence-corrected chi connectivity index (χ0v) is 13.1. The smallest absolute Gasteiger partial charge is 0.324 e. The van der Waals surface area contributed by atoms with Gasteiger partial charge in [0.2, 0.25) is 5.91 Å². The average molecular weight is 325 g/mol. The molecule has 2 aliphatic rings. The first kappa shape index (κ1) is 15.1. The maximum absolute atomic E-state index is 12.1. The lowest BCUT2D eigenvalue weighted by molar-refractivity contribution is -0.131. The summed E-state index contributed by atoms with van der Waals surface area (Å²) in [7, 11) is -3.57. The SMILES string of the molecule is C[C@H]1CC[C@H](C(=O)NCCN2c3ccccc3NS2(=O)=O)O1. The van der Waals surface area contributed by atoms with Crippen molar-refractivity contribution in [2.45, 2.75) is 32.0 Å². The summed E-state index contributed by atoms with van der Waals surface area (Å²) in [6, 6.07) is 6.99. The summed E-state index contributed by atoms with van der Waals surface area (Å²) in [6.45, 7) is 2.36. The zero-order chi connectivity index (χ0) is 15.7. The van der Waals surface area contributed by atoms with E-state index < -0.39 is 16.3 Å². The van der Waals surface area contributed by atoms with E-state index in [1.165, 1.54) is 4.31 Å². The number of hydrogen-bond donors (Lipinski definition) is 2. The van der Waals surface area contributed by atoms with Gasteiger partial charge in [0.25, 0.3) is 0 Å². The summed E-state index contributed by atoms with van der Waals surface area (Å²) in [4.78, 5) is 12.0. The normalized spacial score (nSPS) is 25.6. The Morgan fingerprint density at radius 3 is 2.91 bits per heavy atom. The highest BCUT2D eigenvalue weighted by Crippen LogP contribution is 2.34. The number of ether oxygens (including phenoxy) is 1. The van der Waals surface area contributed by atoms with Crippen molar-refractivity contribution in [3.8, 4) is 0 Å². The van der Waals surface area contributed by atoms with Gasteiger partial charge in [-0.15, -0.1) is 0 Å². The molecule has 0 radical (unpaired) electrons. The minimum absolute atomic E-state index is 0.103. The van der Waals surface area contributed by atoms with Crippen LogP contribution in [0.4, 0.5) is 11.4 Å². The molecule has 7 nitrogen and oxygen atoms in total. The van der Waals surface area contributed by atoms with Gasteiger partial charge in [0.05, 0.1) is 24.0 Å². The van der Waals surface area contributed by atoms with Gasteiger partial charge in [-0.2, -0.15) is 8.42 Å². The Bertz CT molecular complexity index is 676. The standard InChI is InChI=1S/C14H19N3O4S/c1-10-6-7-13(21-10)14(18)15-8-9-17-12-5-3-2-4-11(12)16-22(17,19)20/h2-5,10,13,16H,6-9H2,1H3,(H,15,18)/t10-,13+/m0/s1. The van der Waals surface area contributed by atoms with Gasteiger partial charge in [-0.05, 0) is 31.9 Å². The molecule has 1 aromatic carbocycles. The van der Waals surface area contributed by atoms with Crippen molar-refractivity contribution in [3.05, 3.63) is 24.3 Å². The molecular formula is C14H19N3O4S. The minimum Gasteiger partial charge on any atom is -0.365 e. The number of benzene rings is 1. The van der Waals surface area contributed by atoms with E-state index in [0.717, 1.165) is 6.42 Å². The number of fused-ring (bicyclic) bond motifs is 1. The van der Waals surface area contributed by atoms with Crippen molar-refractivity contribution >= 4 is 27.5 Å². The monoisotopic (exact) mass is 325 g/mol. The molecule has 1 fully saturated rings. The van der Waals surface area contributed by atoms with Gasteiger partial charge < -0.3 is 10.1 Å². The summed E-state index contributed by atoms with van der Waals surface area (Å²) in [6.07, 6.45) is 1.26. The van der Waals surface area contributed by atoms with Crippen molar-refractivity contribution < 1.29 is 17.9 Å². The summed E-state index contributed by atoms with van der Waals surface area (Å²) in [5, 5.41) is 2.74. The number of hydrogen-bond acceptors (Lipinski definition) is 4. The molecule has 0 bridgehead atoms. The molecule has 2 aliphatic heterocycles. The lowest BCUT2D eigenvalue weighted by Gasteiger charge is -2.18. The molecule has 1 aromatic rings. The second-order valence-electron chi connectivity index (χ2n) is 5.50. The Kier molecular flexibility index (Phi) is 3.96. The number of anilines is 2. The first-order valence-electron chi connectivity index (χ1n) is 7.30. The average Bonchev–Trinajstić information content (AvgIpc) is 3.00. The van der Waals surface area contributed by atoms with Crippen LogP contribution < -0.4 is 14.3 Å². The van der Waals surface area contributed by atoms with Crippen LogP contribution in [0.2, 0.25) is 0 Å². The van der Waals surface area contributed by atoms with Crippen LogP contribution in [0.1, 0.15) is 19.8 Å². The van der Waals surface area contributed by atoms with Gasteiger partial charge in [0.1, 0.15) is 6.10 Å². The highest BCUT2D eigenvalue weighted by atomic mass is 32.2. The molecule has 3 rings (SSSR count). The fraction of sp³-hybridized carbons (Fsp3) is 0.500. The molecule has 0 saturated carbocycles. The van der Waals surface area contributed by atoms with Gasteiger partial charge in [-0.25, -0.2) is 4.31 Å². The lowest BCUT2D eigenvalue weighted by Crippen LogP contribution is -2.41. The molecule has 2 N–H and O–H groups in total. The molecule has 1 saturated heterocycles. The van der Waals surface area contributed by atoms with Gasteiger partial charge in [-0.3, -0.25) is 9.52 Å². The number of para-hydroxylation sites is 2. The molecule has 0 aliphatic carbocycles. The molecule has 0 spiro atoms. The maximum atomic E-state index is 12.1. The van der Waals surface area contributed by atoms with E-state index in [1.807, 2.05) is 6.92 Å². The number of nitrogens with zero attached hydrogens (tertiary/aromatic N) is 1. The number of nitrogens with one attached hydrogen (secondary N) is 2. The van der Waals surface area contributed by atoms with Crippen LogP contribution in [0.5, 0.6) is 0 Å². The molecule has 2 atom stereocenters. The van der Waals surface area contributed by atoms with Gasteiger partial charge in [0, 0.05) is 6.54 Å². The van der Waals surface area contributed by atoms with Crippen molar-refractivity contribution in [2.24, 2.45) is 0 Å². The predicted octanol–water partition coefficient (Wildman–Crippen LogP) is 0.847. The van der Waals surface area contributed by atoms with E-state index in [9.17, 15) is 13.2 Å². The molecule has 2 heterocycles. The summed E-state index contributed by atoms with van der Waals surface area (Å²) in [5.74, 6) is -0.179. The summed E-state index contributed by atoms with van der Waals surface area (Å²) in [5.41, 5.74) is 1.16. The molecule has 1 amide bonds. The van der Waals surface area contributed by atoms with Gasteiger partial charge in [0.15, 0.2) is 0 Å². The lowest BCUT2D eigenvalue weighted by atomic mass is 10.2. The summed E-state index contributed by atoms with van der Waals surface area (Å²) >= 11 is 0. The van der Waals surface area contributed by atoms with E-state index in [2.05, 4.69) is 10.0 Å². The van der Waals surface area contributed by atoms with Crippen LogP contribution in [-0.2, 0) is 19.7 Å². The predicted molar refractivity (Wildman–Crippen MR) is 82.9 cm³/mol. The Balaban J connectivity index is 1.58. The quantitative estimate of drug-likeness (QED) is 0.859. The largest absolute Gasteiger partial charge is 0.365 e. The third-order valence-electron chi connectivity index (χ3n) is 3.84. The third-order valence-corrected chi connectivity index (χ3v) is 5.28. The fourth-order valence-electron chi connectivity index (χ4n) is 2.73.